The lowest BCUT2D eigenvalue weighted by Crippen LogP contribution is -2.22. The molecule has 0 bridgehead atoms. The van der Waals surface area contributed by atoms with Gasteiger partial charge in [-0.3, -0.25) is 0 Å². The van der Waals surface area contributed by atoms with Crippen LogP contribution < -0.4 is 9.84 Å². The second kappa shape index (κ2) is 5.40. The van der Waals surface area contributed by atoms with Gasteiger partial charge >= 0.3 is 0 Å². The van der Waals surface area contributed by atoms with Gasteiger partial charge in [-0.15, -0.1) is 0 Å². The van der Waals surface area contributed by atoms with Crippen LogP contribution in [0.25, 0.3) is 11.3 Å². The van der Waals surface area contributed by atoms with Gasteiger partial charge in [-0.25, -0.2) is 0 Å². The zero-order valence-electron chi connectivity index (χ0n) is 10.1. The summed E-state index contributed by atoms with van der Waals surface area (Å²) in [4.78, 5) is 13.6. The molecule has 1 heterocycles. The number of aliphatic carboxylic acids is 1. The average molecular weight is 244 g/mol. The summed E-state index contributed by atoms with van der Waals surface area (Å²) >= 11 is 0. The molecular formula is C14H14NO3-. The number of nitrogens with one attached hydrogen (secondary N) is 1. The highest BCUT2D eigenvalue weighted by atomic mass is 16.5. The van der Waals surface area contributed by atoms with Crippen LogP contribution in [0.4, 0.5) is 0 Å². The van der Waals surface area contributed by atoms with Crippen molar-refractivity contribution in [1.82, 2.24) is 4.98 Å². The van der Waals surface area contributed by atoms with E-state index >= 15 is 0 Å². The van der Waals surface area contributed by atoms with Crippen molar-refractivity contribution < 1.29 is 14.6 Å². The molecule has 2 rings (SSSR count). The Morgan fingerprint density at radius 1 is 1.22 bits per heavy atom. The Balaban J connectivity index is 2.10. The molecule has 4 heteroatoms. The Labute approximate surface area is 105 Å². The number of hydrogen-bond acceptors (Lipinski definition) is 3. The summed E-state index contributed by atoms with van der Waals surface area (Å²) in [5.41, 5.74) is 2.89. The van der Waals surface area contributed by atoms with Crippen LogP contribution in [-0.4, -0.2) is 18.1 Å². The van der Waals surface area contributed by atoms with E-state index in [1.165, 1.54) is 0 Å². The van der Waals surface area contributed by atoms with Gasteiger partial charge in [0, 0.05) is 17.4 Å². The zero-order chi connectivity index (χ0) is 13.0. The van der Waals surface area contributed by atoms with Gasteiger partial charge in [-0.05, 0) is 54.8 Å². The quantitative estimate of drug-likeness (QED) is 0.864. The van der Waals surface area contributed by atoms with Crippen LogP contribution in [0, 0.1) is 0 Å². The largest absolute Gasteiger partial charge is 0.550 e. The van der Waals surface area contributed by atoms with E-state index in [1.54, 1.807) is 7.11 Å². The van der Waals surface area contributed by atoms with Crippen LogP contribution in [0.1, 0.15) is 12.1 Å². The molecule has 0 amide bonds. The monoisotopic (exact) mass is 244 g/mol. The molecular weight excluding hydrogens is 230 g/mol. The summed E-state index contributed by atoms with van der Waals surface area (Å²) in [6, 6.07) is 11.5. The van der Waals surface area contributed by atoms with Crippen LogP contribution in [0.2, 0.25) is 0 Å². The highest BCUT2D eigenvalue weighted by Gasteiger charge is 2.02. The molecule has 0 atom stereocenters. The van der Waals surface area contributed by atoms with Gasteiger partial charge in [0.1, 0.15) is 5.75 Å². The van der Waals surface area contributed by atoms with Crippen molar-refractivity contribution in [2.24, 2.45) is 0 Å². The van der Waals surface area contributed by atoms with E-state index in [2.05, 4.69) is 4.98 Å². The van der Waals surface area contributed by atoms with Crippen molar-refractivity contribution in [3.63, 3.8) is 0 Å². The molecule has 94 valence electrons. The van der Waals surface area contributed by atoms with Crippen LogP contribution in [-0.2, 0) is 11.2 Å². The van der Waals surface area contributed by atoms with Crippen LogP contribution in [0.15, 0.2) is 36.4 Å². The molecule has 1 aromatic carbocycles. The minimum atomic E-state index is -1.03. The normalized spacial score (nSPS) is 10.3. The Hall–Kier alpha value is -2.23. The molecule has 4 nitrogen and oxygen atoms in total. The van der Waals surface area contributed by atoms with Gasteiger partial charge in [0.05, 0.1) is 7.11 Å². The van der Waals surface area contributed by atoms with E-state index < -0.39 is 5.97 Å². The average Bonchev–Trinajstić information content (AvgIpc) is 2.85. The van der Waals surface area contributed by atoms with E-state index in [0.717, 1.165) is 22.7 Å². The number of ether oxygens (including phenoxy) is 1. The fraction of sp³-hybridized carbons (Fsp3) is 0.214. The van der Waals surface area contributed by atoms with Crippen LogP contribution in [0.3, 0.4) is 0 Å². The number of carboxylic acids is 1. The number of rotatable bonds is 5. The highest BCUT2D eigenvalue weighted by Crippen LogP contribution is 2.21. The molecule has 0 unspecified atom stereocenters. The summed E-state index contributed by atoms with van der Waals surface area (Å²) in [5, 5.41) is 10.4. The van der Waals surface area contributed by atoms with Crippen molar-refractivity contribution in [1.29, 1.82) is 0 Å². The number of H-pyrrole nitrogens is 1. The van der Waals surface area contributed by atoms with Crippen molar-refractivity contribution in [3.05, 3.63) is 42.1 Å². The smallest absolute Gasteiger partial charge is 0.118 e. The van der Waals surface area contributed by atoms with E-state index in [4.69, 9.17) is 4.74 Å². The maximum atomic E-state index is 10.4. The number of aromatic nitrogens is 1. The maximum absolute atomic E-state index is 10.4. The Morgan fingerprint density at radius 3 is 2.56 bits per heavy atom. The van der Waals surface area contributed by atoms with Gasteiger partial charge in [-0.1, -0.05) is 0 Å². The van der Waals surface area contributed by atoms with Gasteiger partial charge < -0.3 is 19.6 Å². The van der Waals surface area contributed by atoms with Gasteiger partial charge in [0.25, 0.3) is 0 Å². The lowest BCUT2D eigenvalue weighted by Gasteiger charge is -2.02. The minimum Gasteiger partial charge on any atom is -0.550 e. The summed E-state index contributed by atoms with van der Waals surface area (Å²) in [7, 11) is 1.63. The second-order valence-corrected chi connectivity index (χ2v) is 4.00. The third-order valence-corrected chi connectivity index (χ3v) is 2.75. The lowest BCUT2D eigenvalue weighted by atomic mass is 10.1. The molecule has 1 N–H and O–H groups in total. The lowest BCUT2D eigenvalue weighted by molar-refractivity contribution is -0.305. The van der Waals surface area contributed by atoms with Crippen molar-refractivity contribution >= 4 is 5.97 Å². The predicted molar refractivity (Wildman–Crippen MR) is 66.1 cm³/mol. The SMILES string of the molecule is COc1ccc(-c2ccc(CCC(=O)[O-])[nH]2)cc1. The maximum Gasteiger partial charge on any atom is 0.118 e. The standard InChI is InChI=1S/C14H15NO3/c1-18-12-6-2-10(3-7-12)13-8-4-11(15-13)5-9-14(16)17/h2-4,6-8,15H,5,9H2,1H3,(H,16,17)/p-1. The molecule has 0 saturated heterocycles. The Kier molecular flexibility index (Phi) is 3.67. The Morgan fingerprint density at radius 2 is 1.94 bits per heavy atom. The van der Waals surface area contributed by atoms with Gasteiger partial charge in [0.15, 0.2) is 0 Å². The first-order chi connectivity index (χ1) is 8.69. The van der Waals surface area contributed by atoms with E-state index in [0.29, 0.717) is 6.42 Å². The van der Waals surface area contributed by atoms with Crippen LogP contribution in [0.5, 0.6) is 5.75 Å². The third kappa shape index (κ3) is 2.91. The first kappa shape index (κ1) is 12.2. The van der Waals surface area contributed by atoms with E-state index in [1.807, 2.05) is 36.4 Å². The molecule has 1 aromatic heterocycles. The fourth-order valence-electron chi connectivity index (χ4n) is 1.76. The number of carbonyl (C=O) groups is 1. The predicted octanol–water partition coefficient (Wildman–Crippen LogP) is 1.37. The van der Waals surface area contributed by atoms with Crippen molar-refractivity contribution in [3.8, 4) is 17.0 Å². The molecule has 0 saturated carbocycles. The van der Waals surface area contributed by atoms with E-state index in [-0.39, 0.29) is 6.42 Å². The third-order valence-electron chi connectivity index (χ3n) is 2.75. The number of methoxy groups -OCH3 is 1. The topological polar surface area (TPSA) is 65.2 Å². The number of benzene rings is 1. The summed E-state index contributed by atoms with van der Waals surface area (Å²) < 4.78 is 5.09. The van der Waals surface area contributed by atoms with Gasteiger partial charge in [0.2, 0.25) is 0 Å². The fourth-order valence-corrected chi connectivity index (χ4v) is 1.76. The number of carbonyl (C=O) groups excluding carboxylic acids is 1. The van der Waals surface area contributed by atoms with Crippen LogP contribution >= 0.6 is 0 Å². The highest BCUT2D eigenvalue weighted by molar-refractivity contribution is 5.65. The van der Waals surface area contributed by atoms with Gasteiger partial charge in [-0.2, -0.15) is 0 Å². The summed E-state index contributed by atoms with van der Waals surface area (Å²) in [6.07, 6.45) is 0.487. The molecule has 0 fully saturated rings. The molecule has 0 aliphatic rings. The summed E-state index contributed by atoms with van der Waals surface area (Å²) in [6.45, 7) is 0. The molecule has 0 spiro atoms. The molecule has 18 heavy (non-hydrogen) atoms. The first-order valence-electron chi connectivity index (χ1n) is 5.71. The number of hydrogen-bond donors (Lipinski definition) is 1. The zero-order valence-corrected chi connectivity index (χ0v) is 10.1. The Bertz CT molecular complexity index is 528. The number of aromatic amines is 1. The number of aryl methyl sites for hydroxylation is 1. The summed E-state index contributed by atoms with van der Waals surface area (Å²) in [5.74, 6) is -0.224. The molecule has 0 radical (unpaired) electrons. The second-order valence-electron chi connectivity index (χ2n) is 4.00. The molecule has 2 aromatic rings. The number of carboxylic acid groups (broad SMARTS) is 1. The van der Waals surface area contributed by atoms with E-state index in [9.17, 15) is 9.90 Å². The first-order valence-corrected chi connectivity index (χ1v) is 5.71. The molecule has 0 aliphatic heterocycles. The molecule has 0 aliphatic carbocycles. The van der Waals surface area contributed by atoms with Crippen molar-refractivity contribution in [2.75, 3.05) is 7.11 Å². The minimum absolute atomic E-state index is 0.0303. The van der Waals surface area contributed by atoms with Crippen molar-refractivity contribution in [2.45, 2.75) is 12.8 Å².